The average molecular weight is 400 g/mol. The van der Waals surface area contributed by atoms with Crippen LogP contribution in [0.5, 0.6) is 0 Å². The maximum Gasteiger partial charge on any atom is 0.269 e. The Morgan fingerprint density at radius 2 is 1.90 bits per heavy atom. The molecule has 2 fully saturated rings. The molecule has 29 heavy (non-hydrogen) atoms. The first-order chi connectivity index (χ1) is 14.0. The molecule has 1 atom stereocenters. The molecule has 0 N–H and O–H groups in total. The van der Waals surface area contributed by atoms with Gasteiger partial charge in [-0.15, -0.1) is 0 Å². The van der Waals surface area contributed by atoms with Gasteiger partial charge in [0.15, 0.2) is 0 Å². The number of likely N-dealkylation sites (tertiary alicyclic amines) is 2. The Balaban J connectivity index is 1.36. The number of hydrogen-bond acceptors (Lipinski definition) is 5. The second-order valence-corrected chi connectivity index (χ2v) is 7.85. The van der Waals surface area contributed by atoms with Crippen molar-refractivity contribution in [2.75, 3.05) is 26.2 Å². The number of amides is 3. The number of carbonyl (C=O) groups is 3. The minimum absolute atomic E-state index is 0.0465. The van der Waals surface area contributed by atoms with Crippen LogP contribution in [0.1, 0.15) is 48.0 Å². The van der Waals surface area contributed by atoms with Crippen molar-refractivity contribution in [2.45, 2.75) is 44.7 Å². The zero-order chi connectivity index (χ0) is 20.5. The van der Waals surface area contributed by atoms with Gasteiger partial charge in [-0.25, -0.2) is 0 Å². The van der Waals surface area contributed by atoms with Crippen LogP contribution in [0, 0.1) is 10.1 Å². The number of fused-ring (bicyclic) bond motifs is 1. The highest BCUT2D eigenvalue weighted by molar-refractivity contribution is 5.99. The van der Waals surface area contributed by atoms with E-state index in [1.54, 1.807) is 9.80 Å². The number of non-ortho nitro benzene ring substituents is 1. The summed E-state index contributed by atoms with van der Waals surface area (Å²) >= 11 is 0. The maximum atomic E-state index is 12.8. The lowest BCUT2D eigenvalue weighted by molar-refractivity contribution is -0.384. The summed E-state index contributed by atoms with van der Waals surface area (Å²) in [7, 11) is 0. The first kappa shape index (κ1) is 19.4. The number of carbonyl (C=O) groups excluding carboxylic acids is 3. The smallest absolute Gasteiger partial charge is 0.269 e. The SMILES string of the molecule is O=C1c2ccc([N+](=O)[O-])cc2CN1CCC(=O)N1CCC[C@H]1C(=O)N1CCCC1. The molecule has 1 aromatic rings. The fourth-order valence-corrected chi connectivity index (χ4v) is 4.51. The van der Waals surface area contributed by atoms with Crippen LogP contribution >= 0.6 is 0 Å². The lowest BCUT2D eigenvalue weighted by Crippen LogP contribution is -2.47. The Morgan fingerprint density at radius 3 is 2.62 bits per heavy atom. The molecular formula is C20H24N4O5. The summed E-state index contributed by atoms with van der Waals surface area (Å²) in [6.07, 6.45) is 3.68. The van der Waals surface area contributed by atoms with Gasteiger partial charge in [-0.1, -0.05) is 0 Å². The van der Waals surface area contributed by atoms with E-state index < -0.39 is 4.92 Å². The second-order valence-electron chi connectivity index (χ2n) is 7.85. The van der Waals surface area contributed by atoms with Crippen molar-refractivity contribution in [1.29, 1.82) is 0 Å². The van der Waals surface area contributed by atoms with E-state index >= 15 is 0 Å². The predicted octanol–water partition coefficient (Wildman–Crippen LogP) is 1.55. The number of nitrogens with zero attached hydrogens (tertiary/aromatic N) is 4. The molecule has 3 aliphatic rings. The van der Waals surface area contributed by atoms with Gasteiger partial charge in [-0.2, -0.15) is 0 Å². The molecular weight excluding hydrogens is 376 g/mol. The van der Waals surface area contributed by atoms with Crippen molar-refractivity contribution >= 4 is 23.4 Å². The molecule has 0 saturated carbocycles. The quantitative estimate of drug-likeness (QED) is 0.551. The Labute approximate surface area is 168 Å². The fourth-order valence-electron chi connectivity index (χ4n) is 4.51. The van der Waals surface area contributed by atoms with E-state index in [2.05, 4.69) is 0 Å². The minimum atomic E-state index is -0.484. The van der Waals surface area contributed by atoms with E-state index in [0.29, 0.717) is 24.1 Å². The second kappa shape index (κ2) is 7.81. The Kier molecular flexibility index (Phi) is 5.21. The van der Waals surface area contributed by atoms with Crippen LogP contribution in [-0.4, -0.2) is 69.6 Å². The van der Waals surface area contributed by atoms with Gasteiger partial charge < -0.3 is 14.7 Å². The maximum absolute atomic E-state index is 12.8. The van der Waals surface area contributed by atoms with E-state index in [1.807, 2.05) is 4.90 Å². The largest absolute Gasteiger partial charge is 0.341 e. The molecule has 0 aromatic heterocycles. The zero-order valence-electron chi connectivity index (χ0n) is 16.2. The summed E-state index contributed by atoms with van der Waals surface area (Å²) in [6, 6.07) is 3.84. The summed E-state index contributed by atoms with van der Waals surface area (Å²) in [5.41, 5.74) is 1.01. The van der Waals surface area contributed by atoms with Gasteiger partial charge in [-0.05, 0) is 37.3 Å². The third kappa shape index (κ3) is 3.68. The topological polar surface area (TPSA) is 104 Å². The molecule has 154 valence electrons. The Hall–Kier alpha value is -2.97. The normalized spacial score (nSPS) is 21.0. The van der Waals surface area contributed by atoms with Gasteiger partial charge in [0, 0.05) is 56.8 Å². The van der Waals surface area contributed by atoms with Crippen LogP contribution in [-0.2, 0) is 16.1 Å². The molecule has 9 heteroatoms. The minimum Gasteiger partial charge on any atom is -0.341 e. The molecule has 9 nitrogen and oxygen atoms in total. The van der Waals surface area contributed by atoms with E-state index in [1.165, 1.54) is 18.2 Å². The van der Waals surface area contributed by atoms with Gasteiger partial charge in [0.2, 0.25) is 11.8 Å². The Morgan fingerprint density at radius 1 is 1.14 bits per heavy atom. The third-order valence-electron chi connectivity index (χ3n) is 6.05. The standard InChI is InChI=1S/C20H24N4O5/c25-18(23-10-3-4-17(23)20(27)21-8-1-2-9-21)7-11-22-13-14-12-15(24(28)29)5-6-16(14)19(22)26/h5-6,12,17H,1-4,7-11,13H2/t17-/m0/s1. The highest BCUT2D eigenvalue weighted by Gasteiger charge is 2.37. The number of hydrogen-bond donors (Lipinski definition) is 0. The summed E-state index contributed by atoms with van der Waals surface area (Å²) < 4.78 is 0. The fraction of sp³-hybridized carbons (Fsp3) is 0.550. The van der Waals surface area contributed by atoms with E-state index in [9.17, 15) is 24.5 Å². The third-order valence-corrected chi connectivity index (χ3v) is 6.05. The molecule has 0 aliphatic carbocycles. The van der Waals surface area contributed by atoms with Crippen molar-refractivity contribution in [3.05, 3.63) is 39.4 Å². The van der Waals surface area contributed by atoms with Crippen LogP contribution in [0.4, 0.5) is 5.69 Å². The molecule has 3 heterocycles. The van der Waals surface area contributed by atoms with E-state index in [4.69, 9.17) is 0 Å². The van der Waals surface area contributed by atoms with Crippen molar-refractivity contribution in [2.24, 2.45) is 0 Å². The van der Waals surface area contributed by atoms with E-state index in [-0.39, 0.29) is 49.0 Å². The predicted molar refractivity (Wildman–Crippen MR) is 103 cm³/mol. The summed E-state index contributed by atoms with van der Waals surface area (Å²) in [5, 5.41) is 10.9. The number of nitro groups is 1. The van der Waals surface area contributed by atoms with Gasteiger partial charge in [-0.3, -0.25) is 24.5 Å². The van der Waals surface area contributed by atoms with E-state index in [0.717, 1.165) is 32.4 Å². The van der Waals surface area contributed by atoms with Crippen molar-refractivity contribution in [3.8, 4) is 0 Å². The zero-order valence-corrected chi connectivity index (χ0v) is 16.2. The first-order valence-corrected chi connectivity index (χ1v) is 10.1. The van der Waals surface area contributed by atoms with Crippen LogP contribution in [0.2, 0.25) is 0 Å². The summed E-state index contributed by atoms with van der Waals surface area (Å²) in [4.78, 5) is 53.5. The van der Waals surface area contributed by atoms with Gasteiger partial charge in [0.25, 0.3) is 11.6 Å². The molecule has 0 unspecified atom stereocenters. The highest BCUT2D eigenvalue weighted by atomic mass is 16.6. The number of nitro benzene ring substituents is 1. The van der Waals surface area contributed by atoms with Gasteiger partial charge in [0.1, 0.15) is 6.04 Å². The lowest BCUT2D eigenvalue weighted by atomic mass is 10.1. The molecule has 0 bridgehead atoms. The van der Waals surface area contributed by atoms with Crippen LogP contribution < -0.4 is 0 Å². The first-order valence-electron chi connectivity index (χ1n) is 10.1. The summed E-state index contributed by atoms with van der Waals surface area (Å²) in [6.45, 7) is 2.61. The molecule has 3 amide bonds. The molecule has 2 saturated heterocycles. The van der Waals surface area contributed by atoms with Crippen molar-refractivity contribution in [3.63, 3.8) is 0 Å². The summed E-state index contributed by atoms with van der Waals surface area (Å²) in [5.74, 6) is -0.283. The molecule has 1 aromatic carbocycles. The van der Waals surface area contributed by atoms with Crippen LogP contribution in [0.3, 0.4) is 0 Å². The van der Waals surface area contributed by atoms with Crippen molar-refractivity contribution < 1.29 is 19.3 Å². The number of rotatable bonds is 5. The van der Waals surface area contributed by atoms with Gasteiger partial charge in [0.05, 0.1) is 4.92 Å². The number of benzene rings is 1. The Bertz CT molecular complexity index is 864. The van der Waals surface area contributed by atoms with Crippen LogP contribution in [0.15, 0.2) is 18.2 Å². The molecule has 3 aliphatic heterocycles. The monoisotopic (exact) mass is 400 g/mol. The van der Waals surface area contributed by atoms with Gasteiger partial charge >= 0.3 is 0 Å². The molecule has 4 rings (SSSR count). The molecule has 0 spiro atoms. The van der Waals surface area contributed by atoms with Crippen LogP contribution in [0.25, 0.3) is 0 Å². The molecule has 0 radical (unpaired) electrons. The lowest BCUT2D eigenvalue weighted by Gasteiger charge is -2.28. The highest BCUT2D eigenvalue weighted by Crippen LogP contribution is 2.27. The van der Waals surface area contributed by atoms with Crippen molar-refractivity contribution in [1.82, 2.24) is 14.7 Å². The average Bonchev–Trinajstić information content (AvgIpc) is 3.46.